The molecular weight excluding hydrogens is 202 g/mol. The van der Waals surface area contributed by atoms with Crippen LogP contribution in [0.25, 0.3) is 0 Å². The van der Waals surface area contributed by atoms with Gasteiger partial charge in [-0.15, -0.1) is 11.3 Å². The van der Waals surface area contributed by atoms with Gasteiger partial charge in [-0.1, -0.05) is 27.7 Å². The lowest BCUT2D eigenvalue weighted by Crippen LogP contribution is -2.39. The monoisotopic (exact) mass is 225 g/mol. The first kappa shape index (κ1) is 12.7. The zero-order chi connectivity index (χ0) is 11.5. The summed E-state index contributed by atoms with van der Waals surface area (Å²) in [6, 6.07) is 2.79. The highest BCUT2D eigenvalue weighted by Crippen LogP contribution is 2.23. The Balaban J connectivity index is 2.52. The molecule has 0 fully saturated rings. The maximum Gasteiger partial charge on any atom is 0.0305 e. The third-order valence-corrected chi connectivity index (χ3v) is 3.95. The Kier molecular flexibility index (Phi) is 4.35. The molecule has 1 aromatic heterocycles. The van der Waals surface area contributed by atoms with E-state index in [0.717, 1.165) is 6.54 Å². The molecule has 1 N–H and O–H groups in total. The minimum atomic E-state index is 0.347. The van der Waals surface area contributed by atoms with Gasteiger partial charge in [0.25, 0.3) is 0 Å². The fourth-order valence-corrected chi connectivity index (χ4v) is 2.72. The van der Waals surface area contributed by atoms with Gasteiger partial charge in [-0.05, 0) is 35.8 Å². The molecule has 0 amide bonds. The van der Waals surface area contributed by atoms with Crippen molar-refractivity contribution >= 4 is 11.3 Å². The van der Waals surface area contributed by atoms with Crippen molar-refractivity contribution in [2.24, 2.45) is 5.41 Å². The minimum Gasteiger partial charge on any atom is -0.309 e. The third-order valence-electron chi connectivity index (χ3n) is 2.93. The Bertz CT molecular complexity index is 296. The average molecular weight is 225 g/mol. The van der Waals surface area contributed by atoms with Crippen molar-refractivity contribution in [3.05, 3.63) is 21.9 Å². The van der Waals surface area contributed by atoms with Crippen molar-refractivity contribution in [2.45, 2.75) is 53.6 Å². The molecule has 86 valence electrons. The highest BCUT2D eigenvalue weighted by Gasteiger charge is 2.22. The highest BCUT2D eigenvalue weighted by atomic mass is 32.1. The first-order valence-corrected chi connectivity index (χ1v) is 6.59. The van der Waals surface area contributed by atoms with Gasteiger partial charge in [0.1, 0.15) is 0 Å². The molecule has 1 atom stereocenters. The molecule has 1 rings (SSSR count). The van der Waals surface area contributed by atoms with E-state index in [2.05, 4.69) is 51.4 Å². The predicted molar refractivity (Wildman–Crippen MR) is 69.4 cm³/mol. The molecule has 0 aliphatic carbocycles. The molecule has 1 nitrogen and oxygen atoms in total. The molecule has 1 aromatic rings. The van der Waals surface area contributed by atoms with Gasteiger partial charge in [0.05, 0.1) is 0 Å². The number of hydrogen-bond donors (Lipinski definition) is 1. The van der Waals surface area contributed by atoms with Gasteiger partial charge in [-0.25, -0.2) is 0 Å². The Morgan fingerprint density at radius 2 is 2.07 bits per heavy atom. The van der Waals surface area contributed by atoms with Crippen molar-refractivity contribution in [1.29, 1.82) is 0 Å². The van der Waals surface area contributed by atoms with E-state index in [9.17, 15) is 0 Å². The molecule has 0 spiro atoms. The molecule has 0 aliphatic rings. The summed E-state index contributed by atoms with van der Waals surface area (Å²) in [6.45, 7) is 12.4. The number of thiophene rings is 1. The van der Waals surface area contributed by atoms with E-state index in [4.69, 9.17) is 0 Å². The maximum absolute atomic E-state index is 3.66. The van der Waals surface area contributed by atoms with E-state index in [1.54, 1.807) is 0 Å². The van der Waals surface area contributed by atoms with E-state index < -0.39 is 0 Å². The second kappa shape index (κ2) is 5.13. The summed E-state index contributed by atoms with van der Waals surface area (Å²) in [5.41, 5.74) is 1.76. The molecule has 2 heteroatoms. The Hall–Kier alpha value is -0.340. The summed E-state index contributed by atoms with van der Waals surface area (Å²) < 4.78 is 0. The Labute approximate surface area is 97.9 Å². The zero-order valence-electron chi connectivity index (χ0n) is 10.6. The van der Waals surface area contributed by atoms with Crippen LogP contribution in [-0.2, 0) is 6.54 Å². The lowest BCUT2D eigenvalue weighted by Gasteiger charge is -2.30. The summed E-state index contributed by atoms with van der Waals surface area (Å²) >= 11 is 1.85. The van der Waals surface area contributed by atoms with Crippen LogP contribution in [0.2, 0.25) is 0 Å². The first-order chi connectivity index (χ1) is 6.95. The molecule has 0 bridgehead atoms. The average Bonchev–Trinajstić information content (AvgIpc) is 2.50. The summed E-state index contributed by atoms with van der Waals surface area (Å²) in [5, 5.41) is 5.83. The Morgan fingerprint density at radius 1 is 1.40 bits per heavy atom. The highest BCUT2D eigenvalue weighted by molar-refractivity contribution is 7.10. The third kappa shape index (κ3) is 3.62. The second-order valence-corrected chi connectivity index (χ2v) is 6.24. The summed E-state index contributed by atoms with van der Waals surface area (Å²) in [4.78, 5) is 1.47. The van der Waals surface area contributed by atoms with E-state index in [0.29, 0.717) is 11.5 Å². The number of hydrogen-bond acceptors (Lipinski definition) is 2. The molecule has 1 unspecified atom stereocenters. The SMILES string of the molecule is CCC(NCc1sccc1C)C(C)(C)C. The van der Waals surface area contributed by atoms with Crippen LogP contribution in [0.1, 0.15) is 44.6 Å². The molecule has 15 heavy (non-hydrogen) atoms. The molecule has 0 saturated carbocycles. The van der Waals surface area contributed by atoms with Crippen LogP contribution >= 0.6 is 11.3 Å². The van der Waals surface area contributed by atoms with E-state index in [-0.39, 0.29) is 0 Å². The van der Waals surface area contributed by atoms with Gasteiger partial charge in [-0.2, -0.15) is 0 Å². The van der Waals surface area contributed by atoms with Crippen molar-refractivity contribution < 1.29 is 0 Å². The van der Waals surface area contributed by atoms with Crippen LogP contribution in [-0.4, -0.2) is 6.04 Å². The predicted octanol–water partition coefficient (Wildman–Crippen LogP) is 3.97. The van der Waals surface area contributed by atoms with Crippen molar-refractivity contribution in [3.63, 3.8) is 0 Å². The van der Waals surface area contributed by atoms with Gasteiger partial charge in [0, 0.05) is 17.5 Å². The van der Waals surface area contributed by atoms with E-state index in [1.165, 1.54) is 16.9 Å². The molecule has 1 heterocycles. The van der Waals surface area contributed by atoms with Crippen LogP contribution in [0.4, 0.5) is 0 Å². The quantitative estimate of drug-likeness (QED) is 0.817. The summed E-state index contributed by atoms with van der Waals surface area (Å²) in [5.74, 6) is 0. The van der Waals surface area contributed by atoms with Crippen molar-refractivity contribution in [3.8, 4) is 0 Å². The molecule has 0 aromatic carbocycles. The van der Waals surface area contributed by atoms with E-state index in [1.807, 2.05) is 11.3 Å². The van der Waals surface area contributed by atoms with Gasteiger partial charge in [0.15, 0.2) is 0 Å². The van der Waals surface area contributed by atoms with Crippen LogP contribution in [0, 0.1) is 12.3 Å². The van der Waals surface area contributed by atoms with Crippen LogP contribution in [0.3, 0.4) is 0 Å². The van der Waals surface area contributed by atoms with Crippen molar-refractivity contribution in [2.75, 3.05) is 0 Å². The van der Waals surface area contributed by atoms with Gasteiger partial charge >= 0.3 is 0 Å². The normalized spacial score (nSPS) is 14.2. The summed E-state index contributed by atoms with van der Waals surface area (Å²) in [6.07, 6.45) is 1.19. The van der Waals surface area contributed by atoms with E-state index >= 15 is 0 Å². The Morgan fingerprint density at radius 3 is 2.47 bits per heavy atom. The smallest absolute Gasteiger partial charge is 0.0305 e. The molecular formula is C13H23NS. The lowest BCUT2D eigenvalue weighted by molar-refractivity contribution is 0.260. The lowest BCUT2D eigenvalue weighted by atomic mass is 9.85. The van der Waals surface area contributed by atoms with Crippen LogP contribution < -0.4 is 5.32 Å². The fraction of sp³-hybridized carbons (Fsp3) is 0.692. The largest absolute Gasteiger partial charge is 0.309 e. The van der Waals surface area contributed by atoms with Gasteiger partial charge in [0.2, 0.25) is 0 Å². The molecule has 0 radical (unpaired) electrons. The van der Waals surface area contributed by atoms with Gasteiger partial charge in [-0.3, -0.25) is 0 Å². The van der Waals surface area contributed by atoms with Crippen molar-refractivity contribution in [1.82, 2.24) is 5.32 Å². The standard InChI is InChI=1S/C13H23NS/c1-6-12(13(3,4)5)14-9-11-10(2)7-8-15-11/h7-8,12,14H,6,9H2,1-5H3. The summed E-state index contributed by atoms with van der Waals surface area (Å²) in [7, 11) is 0. The fourth-order valence-electron chi connectivity index (χ4n) is 1.86. The first-order valence-electron chi connectivity index (χ1n) is 5.71. The number of rotatable bonds is 4. The second-order valence-electron chi connectivity index (χ2n) is 5.23. The van der Waals surface area contributed by atoms with Gasteiger partial charge < -0.3 is 5.32 Å². The molecule has 0 aliphatic heterocycles. The number of nitrogens with one attached hydrogen (secondary N) is 1. The van der Waals surface area contributed by atoms with Crippen LogP contribution in [0.5, 0.6) is 0 Å². The molecule has 0 saturated heterocycles. The maximum atomic E-state index is 3.66. The topological polar surface area (TPSA) is 12.0 Å². The number of aryl methyl sites for hydroxylation is 1. The zero-order valence-corrected chi connectivity index (χ0v) is 11.4. The minimum absolute atomic E-state index is 0.347. The van der Waals surface area contributed by atoms with Crippen LogP contribution in [0.15, 0.2) is 11.4 Å².